The van der Waals surface area contributed by atoms with Crippen LogP contribution in [0.15, 0.2) is 48.7 Å². The van der Waals surface area contributed by atoms with Gasteiger partial charge in [0.15, 0.2) is 0 Å². The van der Waals surface area contributed by atoms with E-state index < -0.39 is 11.6 Å². The van der Waals surface area contributed by atoms with E-state index in [2.05, 4.69) is 21.7 Å². The number of rotatable bonds is 4. The second-order valence-corrected chi connectivity index (χ2v) is 7.81. The van der Waals surface area contributed by atoms with E-state index in [1.807, 2.05) is 66.5 Å². The molecule has 4 rings (SSSR count). The van der Waals surface area contributed by atoms with Gasteiger partial charge in [-0.25, -0.2) is 4.79 Å². The Labute approximate surface area is 174 Å². The Kier molecular flexibility index (Phi) is 4.66. The normalized spacial score (nSPS) is 22.8. The fourth-order valence-corrected chi connectivity index (χ4v) is 3.95. The number of nitriles is 1. The van der Waals surface area contributed by atoms with Crippen LogP contribution in [0.1, 0.15) is 35.5 Å². The van der Waals surface area contributed by atoms with Crippen molar-refractivity contribution in [3.05, 3.63) is 71.2 Å². The second kappa shape index (κ2) is 7.19. The highest BCUT2D eigenvalue weighted by Crippen LogP contribution is 2.36. The summed E-state index contributed by atoms with van der Waals surface area (Å²) in [6, 6.07) is 12.9. The van der Waals surface area contributed by atoms with E-state index in [0.717, 1.165) is 22.6 Å². The molecule has 0 aliphatic carbocycles. The molecule has 1 aromatic carbocycles. The standard InChI is InChI=1S/C22H22N6O2/c1-14-9-17(10-15(2)24-14)19-7-8-27(13-22(3)20(29)25-21(30)26-22)28(19)18-6-4-5-16(11-18)12-23/h4-11,19H,13H2,1-3H3,(H2,25,26,29,30). The average Bonchev–Trinajstić information content (AvgIpc) is 3.21. The smallest absolute Gasteiger partial charge is 0.322 e. The maximum absolute atomic E-state index is 12.4. The first-order chi connectivity index (χ1) is 14.3. The minimum atomic E-state index is -1.08. The van der Waals surface area contributed by atoms with Crippen molar-refractivity contribution < 1.29 is 9.59 Å². The molecule has 8 nitrogen and oxygen atoms in total. The topological polar surface area (TPSA) is 101 Å². The zero-order chi connectivity index (χ0) is 21.5. The molecule has 30 heavy (non-hydrogen) atoms. The molecule has 0 radical (unpaired) electrons. The number of carbonyl (C=O) groups excluding carboxylic acids is 2. The molecule has 1 aromatic heterocycles. The molecule has 2 aliphatic heterocycles. The van der Waals surface area contributed by atoms with Crippen molar-refractivity contribution in [1.29, 1.82) is 5.26 Å². The van der Waals surface area contributed by atoms with Crippen molar-refractivity contribution in [2.24, 2.45) is 0 Å². The highest BCUT2D eigenvalue weighted by atomic mass is 16.2. The summed E-state index contributed by atoms with van der Waals surface area (Å²) in [6.07, 6.45) is 3.93. The van der Waals surface area contributed by atoms with Gasteiger partial charge >= 0.3 is 6.03 Å². The monoisotopic (exact) mass is 402 g/mol. The number of aromatic nitrogens is 1. The molecule has 2 aliphatic rings. The molecule has 8 heteroatoms. The Bertz CT molecular complexity index is 1080. The van der Waals surface area contributed by atoms with Crippen LogP contribution in [0.4, 0.5) is 10.5 Å². The maximum atomic E-state index is 12.4. The zero-order valence-electron chi connectivity index (χ0n) is 17.0. The van der Waals surface area contributed by atoms with Gasteiger partial charge in [-0.3, -0.25) is 25.1 Å². The summed E-state index contributed by atoms with van der Waals surface area (Å²) in [7, 11) is 0. The van der Waals surface area contributed by atoms with E-state index in [9.17, 15) is 14.9 Å². The van der Waals surface area contributed by atoms with Crippen LogP contribution in [0.25, 0.3) is 0 Å². The van der Waals surface area contributed by atoms with Gasteiger partial charge in [0.05, 0.1) is 29.9 Å². The number of nitrogens with zero attached hydrogens (tertiary/aromatic N) is 4. The highest BCUT2D eigenvalue weighted by molar-refractivity contribution is 6.06. The number of pyridine rings is 1. The summed E-state index contributed by atoms with van der Waals surface area (Å²) >= 11 is 0. The van der Waals surface area contributed by atoms with Gasteiger partial charge in [0, 0.05) is 17.6 Å². The van der Waals surface area contributed by atoms with Crippen LogP contribution in [0.5, 0.6) is 0 Å². The molecule has 0 bridgehead atoms. The Balaban J connectivity index is 1.74. The first-order valence-electron chi connectivity index (χ1n) is 9.62. The number of urea groups is 1. The first kappa shape index (κ1) is 19.5. The number of hydrogen-bond acceptors (Lipinski definition) is 6. The van der Waals surface area contributed by atoms with Crippen LogP contribution in [0.2, 0.25) is 0 Å². The predicted octanol–water partition coefficient (Wildman–Crippen LogP) is 2.46. The fourth-order valence-electron chi connectivity index (χ4n) is 3.95. The van der Waals surface area contributed by atoms with E-state index in [0.29, 0.717) is 5.56 Å². The summed E-state index contributed by atoms with van der Waals surface area (Å²) in [5.74, 6) is -0.370. The highest BCUT2D eigenvalue weighted by Gasteiger charge is 2.45. The molecular weight excluding hydrogens is 380 g/mol. The molecule has 1 fully saturated rings. The number of aryl methyl sites for hydroxylation is 2. The molecular formula is C22H22N6O2. The first-order valence-corrected chi connectivity index (χ1v) is 9.62. The van der Waals surface area contributed by atoms with Crippen molar-refractivity contribution >= 4 is 17.6 Å². The SMILES string of the molecule is Cc1cc(C2C=CN(CC3(C)NC(=O)NC3=O)N2c2cccc(C#N)c2)cc(C)n1. The van der Waals surface area contributed by atoms with Gasteiger partial charge in [-0.1, -0.05) is 6.07 Å². The van der Waals surface area contributed by atoms with E-state index in [-0.39, 0.29) is 18.5 Å². The van der Waals surface area contributed by atoms with E-state index in [4.69, 9.17) is 0 Å². The van der Waals surface area contributed by atoms with Crippen LogP contribution in [-0.2, 0) is 4.79 Å². The van der Waals surface area contributed by atoms with E-state index >= 15 is 0 Å². The third-order valence-corrected chi connectivity index (χ3v) is 5.26. The van der Waals surface area contributed by atoms with Crippen molar-refractivity contribution in [1.82, 2.24) is 20.6 Å². The van der Waals surface area contributed by atoms with E-state index in [1.165, 1.54) is 0 Å². The van der Waals surface area contributed by atoms with Crippen molar-refractivity contribution in [2.75, 3.05) is 11.6 Å². The van der Waals surface area contributed by atoms with Gasteiger partial charge in [0.1, 0.15) is 5.54 Å². The van der Waals surface area contributed by atoms with Crippen LogP contribution in [0, 0.1) is 25.2 Å². The molecule has 2 unspecified atom stereocenters. The number of benzene rings is 1. The third kappa shape index (κ3) is 3.46. The molecule has 1 saturated heterocycles. The number of imide groups is 1. The van der Waals surface area contributed by atoms with Crippen molar-refractivity contribution in [3.8, 4) is 6.07 Å². The summed E-state index contributed by atoms with van der Waals surface area (Å²) in [6.45, 7) is 5.83. The maximum Gasteiger partial charge on any atom is 0.322 e. The lowest BCUT2D eigenvalue weighted by atomic mass is 10.0. The Morgan fingerprint density at radius 1 is 1.20 bits per heavy atom. The summed E-state index contributed by atoms with van der Waals surface area (Å²) in [5.41, 5.74) is 3.15. The largest absolute Gasteiger partial charge is 0.322 e. The van der Waals surface area contributed by atoms with Crippen molar-refractivity contribution in [3.63, 3.8) is 0 Å². The molecule has 2 N–H and O–H groups in total. The lowest BCUT2D eigenvalue weighted by Crippen LogP contribution is -2.54. The number of carbonyl (C=O) groups is 2. The second-order valence-electron chi connectivity index (χ2n) is 7.81. The minimum absolute atomic E-state index is 0.150. The lowest BCUT2D eigenvalue weighted by Gasteiger charge is -2.39. The lowest BCUT2D eigenvalue weighted by molar-refractivity contribution is -0.123. The molecule has 2 aromatic rings. The molecule has 2 atom stereocenters. The van der Waals surface area contributed by atoms with Crippen molar-refractivity contribution in [2.45, 2.75) is 32.4 Å². The van der Waals surface area contributed by atoms with Gasteiger partial charge in [-0.15, -0.1) is 0 Å². The van der Waals surface area contributed by atoms with Gasteiger partial charge in [0.25, 0.3) is 5.91 Å². The number of nitrogens with one attached hydrogen (secondary N) is 2. The molecule has 0 spiro atoms. The van der Waals surface area contributed by atoms with Gasteiger partial charge < -0.3 is 5.32 Å². The molecule has 3 amide bonds. The Morgan fingerprint density at radius 2 is 1.93 bits per heavy atom. The number of anilines is 1. The summed E-state index contributed by atoms with van der Waals surface area (Å²) in [5, 5.41) is 18.3. The summed E-state index contributed by atoms with van der Waals surface area (Å²) < 4.78 is 0. The fraction of sp³-hybridized carbons (Fsp3) is 0.273. The van der Waals surface area contributed by atoms with Gasteiger partial charge in [0.2, 0.25) is 0 Å². The van der Waals surface area contributed by atoms with Crippen LogP contribution in [-0.4, -0.2) is 34.0 Å². The van der Waals surface area contributed by atoms with Crippen LogP contribution < -0.4 is 15.6 Å². The van der Waals surface area contributed by atoms with Gasteiger partial charge in [-0.2, -0.15) is 5.26 Å². The summed E-state index contributed by atoms with van der Waals surface area (Å²) in [4.78, 5) is 28.5. The molecule has 0 saturated carbocycles. The average molecular weight is 402 g/mol. The predicted molar refractivity (Wildman–Crippen MR) is 111 cm³/mol. The van der Waals surface area contributed by atoms with E-state index in [1.54, 1.807) is 13.0 Å². The quantitative estimate of drug-likeness (QED) is 0.762. The zero-order valence-corrected chi connectivity index (χ0v) is 17.0. The third-order valence-electron chi connectivity index (χ3n) is 5.26. The Hall–Kier alpha value is -3.86. The molecule has 152 valence electrons. The number of hydrazine groups is 1. The van der Waals surface area contributed by atoms with Gasteiger partial charge in [-0.05, 0) is 62.7 Å². The Morgan fingerprint density at radius 3 is 2.57 bits per heavy atom. The number of amides is 3. The van der Waals surface area contributed by atoms with Crippen LogP contribution in [0.3, 0.4) is 0 Å². The minimum Gasteiger partial charge on any atom is -0.322 e. The number of hydrogen-bond donors (Lipinski definition) is 2. The van der Waals surface area contributed by atoms with Crippen LogP contribution >= 0.6 is 0 Å². The molecule has 3 heterocycles.